The van der Waals surface area contributed by atoms with Gasteiger partial charge in [-0.25, -0.2) is 0 Å². The third-order valence-electron chi connectivity index (χ3n) is 7.25. The molecule has 1 aliphatic heterocycles. The molecule has 2 aromatic rings. The Labute approximate surface area is 222 Å². The fraction of sp³-hybridized carbons (Fsp3) is 0.500. The molecule has 2 heterocycles. The van der Waals surface area contributed by atoms with Gasteiger partial charge in [0.15, 0.2) is 5.88 Å². The van der Waals surface area contributed by atoms with Crippen molar-refractivity contribution in [3.8, 4) is 5.75 Å². The lowest BCUT2D eigenvalue weighted by Crippen LogP contribution is -2.37. The van der Waals surface area contributed by atoms with Crippen LogP contribution in [0.2, 0.25) is 0 Å². The van der Waals surface area contributed by atoms with Crippen molar-refractivity contribution in [1.82, 2.24) is 4.90 Å². The Morgan fingerprint density at radius 1 is 1.19 bits per heavy atom. The maximum Gasteiger partial charge on any atom is 0.262 e. The molecule has 1 unspecified atom stereocenters. The van der Waals surface area contributed by atoms with E-state index in [0.717, 1.165) is 60.7 Å². The van der Waals surface area contributed by atoms with Crippen molar-refractivity contribution in [3.05, 3.63) is 57.4 Å². The van der Waals surface area contributed by atoms with E-state index < -0.39 is 0 Å². The van der Waals surface area contributed by atoms with Crippen molar-refractivity contribution < 1.29 is 13.8 Å². The number of aromatic nitrogens is 1. The molecule has 1 aromatic carbocycles. The minimum Gasteiger partial charge on any atom is -0.440 e. The molecule has 1 aliphatic carbocycles. The SMILES string of the molecule is CCN(CC)c1ccc2c(c1)OC(N(C)CCC[N+](C)(C)C)=CC2=Cc1sc2c([n+]1C)C=CCC2C. The number of allylic oxidation sites excluding steroid dienone is 3. The topological polar surface area (TPSA) is 19.6 Å². The van der Waals surface area contributed by atoms with Crippen molar-refractivity contribution in [2.75, 3.05) is 59.3 Å². The van der Waals surface area contributed by atoms with Crippen LogP contribution in [-0.4, -0.2) is 63.8 Å². The summed E-state index contributed by atoms with van der Waals surface area (Å²) in [4.78, 5) is 6.12. The zero-order valence-electron chi connectivity index (χ0n) is 23.5. The van der Waals surface area contributed by atoms with Gasteiger partial charge in [0, 0.05) is 74.6 Å². The van der Waals surface area contributed by atoms with E-state index in [4.69, 9.17) is 4.74 Å². The first-order valence-electron chi connectivity index (χ1n) is 13.3. The van der Waals surface area contributed by atoms with Gasteiger partial charge < -0.3 is 19.0 Å². The van der Waals surface area contributed by atoms with E-state index in [0.29, 0.717) is 5.92 Å². The number of hydrogen-bond acceptors (Lipinski definition) is 4. The molecule has 36 heavy (non-hydrogen) atoms. The third kappa shape index (κ3) is 5.70. The van der Waals surface area contributed by atoms with E-state index in [1.165, 1.54) is 26.8 Å². The fourth-order valence-electron chi connectivity index (χ4n) is 4.99. The van der Waals surface area contributed by atoms with Crippen LogP contribution in [0.4, 0.5) is 5.69 Å². The molecule has 194 valence electrons. The Morgan fingerprint density at radius 3 is 2.61 bits per heavy atom. The van der Waals surface area contributed by atoms with Crippen molar-refractivity contribution in [2.24, 2.45) is 7.05 Å². The number of quaternary nitrogens is 1. The van der Waals surface area contributed by atoms with Gasteiger partial charge in [0.25, 0.3) is 5.01 Å². The molecule has 1 aromatic heterocycles. The van der Waals surface area contributed by atoms with Crippen molar-refractivity contribution in [3.63, 3.8) is 0 Å². The summed E-state index contributed by atoms with van der Waals surface area (Å²) < 4.78 is 9.87. The molecule has 5 nitrogen and oxygen atoms in total. The largest absolute Gasteiger partial charge is 0.440 e. The monoisotopic (exact) mass is 508 g/mol. The van der Waals surface area contributed by atoms with E-state index in [1.54, 1.807) is 0 Å². The molecule has 0 saturated carbocycles. The number of hydrogen-bond donors (Lipinski definition) is 0. The highest BCUT2D eigenvalue weighted by Gasteiger charge is 2.28. The number of fused-ring (bicyclic) bond motifs is 2. The number of benzene rings is 1. The zero-order valence-corrected chi connectivity index (χ0v) is 24.3. The summed E-state index contributed by atoms with van der Waals surface area (Å²) in [5.41, 5.74) is 4.92. The van der Waals surface area contributed by atoms with E-state index in [-0.39, 0.29) is 0 Å². The van der Waals surface area contributed by atoms with Crippen molar-refractivity contribution in [1.29, 1.82) is 0 Å². The molecule has 0 fully saturated rings. The normalized spacial score (nSPS) is 17.9. The second kappa shape index (κ2) is 10.8. The number of anilines is 1. The first kappa shape index (κ1) is 26.5. The van der Waals surface area contributed by atoms with Gasteiger partial charge in [0.2, 0.25) is 5.69 Å². The van der Waals surface area contributed by atoms with Gasteiger partial charge in [-0.15, -0.1) is 0 Å². The maximum atomic E-state index is 6.55. The van der Waals surface area contributed by atoms with Crippen LogP contribution in [0.3, 0.4) is 0 Å². The summed E-state index contributed by atoms with van der Waals surface area (Å²) in [7, 11) is 11.1. The number of thiazole rings is 1. The Hall–Kier alpha value is -2.57. The highest BCUT2D eigenvalue weighted by Crippen LogP contribution is 2.40. The van der Waals surface area contributed by atoms with Crippen LogP contribution in [0.15, 0.2) is 36.2 Å². The number of rotatable bonds is 9. The van der Waals surface area contributed by atoms with Gasteiger partial charge in [-0.1, -0.05) is 24.3 Å². The maximum absolute atomic E-state index is 6.55. The van der Waals surface area contributed by atoms with Crippen molar-refractivity contribution >= 4 is 34.7 Å². The lowest BCUT2D eigenvalue weighted by atomic mass is 9.99. The molecule has 1 atom stereocenters. The van der Waals surface area contributed by atoms with E-state index in [1.807, 2.05) is 11.3 Å². The van der Waals surface area contributed by atoms with Crippen LogP contribution in [0.1, 0.15) is 60.7 Å². The first-order chi connectivity index (χ1) is 17.1. The van der Waals surface area contributed by atoms with Crippen LogP contribution >= 0.6 is 11.3 Å². The van der Waals surface area contributed by atoms with Gasteiger partial charge in [-0.3, -0.25) is 0 Å². The summed E-state index contributed by atoms with van der Waals surface area (Å²) in [6, 6.07) is 6.68. The van der Waals surface area contributed by atoms with Gasteiger partial charge in [-0.2, -0.15) is 4.57 Å². The molecule has 0 saturated heterocycles. The second-order valence-corrected chi connectivity index (χ2v) is 12.2. The van der Waals surface area contributed by atoms with Crippen LogP contribution in [0, 0.1) is 0 Å². The number of ether oxygens (including phenoxy) is 1. The highest BCUT2D eigenvalue weighted by atomic mass is 32.1. The molecule has 0 amide bonds. The summed E-state index contributed by atoms with van der Waals surface area (Å²) >= 11 is 1.92. The Bertz CT molecular complexity index is 1180. The highest BCUT2D eigenvalue weighted by molar-refractivity contribution is 7.12. The molecule has 6 heteroatoms. The molecule has 0 N–H and O–H groups in total. The zero-order chi connectivity index (χ0) is 26.0. The molecular formula is C30H44N4OS+2. The summed E-state index contributed by atoms with van der Waals surface area (Å²) in [5.74, 6) is 2.44. The van der Waals surface area contributed by atoms with Gasteiger partial charge >= 0.3 is 0 Å². The van der Waals surface area contributed by atoms with Gasteiger partial charge in [0.1, 0.15) is 12.8 Å². The molecule has 2 aliphatic rings. The standard InChI is InChI=1S/C30H44N4OS/c1-9-33(10-2)24-15-16-25-23(20-29-32(5)26-14-11-13-22(3)30(26)36-29)19-28(35-27(25)21-24)31(4)17-12-18-34(6,7)8/h11,14-16,19-22H,9-10,12-13,17-18H2,1-8H3/q+2. The average molecular weight is 509 g/mol. The molecule has 0 spiro atoms. The molecule has 4 rings (SSSR count). The average Bonchev–Trinajstić information content (AvgIpc) is 3.15. The second-order valence-electron chi connectivity index (χ2n) is 11.1. The molecular weight excluding hydrogens is 464 g/mol. The van der Waals surface area contributed by atoms with Crippen LogP contribution in [0.5, 0.6) is 5.75 Å². The number of nitrogens with zero attached hydrogens (tertiary/aromatic N) is 4. The third-order valence-corrected chi connectivity index (χ3v) is 8.68. The minimum atomic E-state index is 0.574. The first-order valence-corrected chi connectivity index (χ1v) is 14.1. The quantitative estimate of drug-likeness (QED) is 0.318. The van der Waals surface area contributed by atoms with Crippen LogP contribution < -0.4 is 14.2 Å². The van der Waals surface area contributed by atoms with Crippen LogP contribution in [0.25, 0.3) is 17.7 Å². The molecule has 0 bridgehead atoms. The minimum absolute atomic E-state index is 0.574. The Balaban J connectivity index is 1.73. The lowest BCUT2D eigenvalue weighted by molar-refractivity contribution is -0.870. The van der Waals surface area contributed by atoms with Gasteiger partial charge in [-0.05, 0) is 38.0 Å². The van der Waals surface area contributed by atoms with E-state index in [9.17, 15) is 0 Å². The summed E-state index contributed by atoms with van der Waals surface area (Å²) in [6.45, 7) is 10.8. The van der Waals surface area contributed by atoms with Crippen LogP contribution in [-0.2, 0) is 7.05 Å². The summed E-state index contributed by atoms with van der Waals surface area (Å²) in [6.07, 6.45) is 11.4. The smallest absolute Gasteiger partial charge is 0.262 e. The van der Waals surface area contributed by atoms with Gasteiger partial charge in [0.05, 0.1) is 32.6 Å². The Morgan fingerprint density at radius 2 is 1.94 bits per heavy atom. The summed E-state index contributed by atoms with van der Waals surface area (Å²) in [5, 5.41) is 1.28. The van der Waals surface area contributed by atoms with E-state index in [2.05, 4.69) is 113 Å². The lowest BCUT2D eigenvalue weighted by Gasteiger charge is -2.30. The predicted octanol–water partition coefficient (Wildman–Crippen LogP) is 5.74. The predicted molar refractivity (Wildman–Crippen MR) is 154 cm³/mol. The fourth-order valence-corrected chi connectivity index (χ4v) is 6.24. The van der Waals surface area contributed by atoms with Crippen molar-refractivity contribution in [2.45, 2.75) is 39.5 Å². The molecule has 0 radical (unpaired) electrons. The Kier molecular flexibility index (Phi) is 7.96. The van der Waals surface area contributed by atoms with E-state index >= 15 is 0 Å².